The fourth-order valence-corrected chi connectivity index (χ4v) is 1.01. The summed E-state index contributed by atoms with van der Waals surface area (Å²) in [7, 11) is 12.2. The maximum absolute atomic E-state index is 13.3. The normalized spacial score (nSPS) is 10.9. The molecule has 0 N–H and O–H groups in total. The number of methoxy groups -OCH3 is 1. The first-order valence-corrected chi connectivity index (χ1v) is 3.84. The van der Waals surface area contributed by atoms with E-state index in [2.05, 4.69) is 0 Å². The van der Waals surface area contributed by atoms with Crippen molar-refractivity contribution in [3.63, 3.8) is 0 Å². The van der Waals surface area contributed by atoms with Gasteiger partial charge in [-0.2, -0.15) is 5.26 Å². The molecule has 0 saturated heterocycles. The summed E-state index contributed by atoms with van der Waals surface area (Å²) in [6.07, 6.45) is 0. The molecule has 0 aliphatic heterocycles. The number of halogens is 1. The number of nitriles is 1. The Morgan fingerprint density at radius 3 is 2.57 bits per heavy atom. The van der Waals surface area contributed by atoms with Crippen LogP contribution in [0.3, 0.4) is 0 Å². The van der Waals surface area contributed by atoms with Crippen molar-refractivity contribution < 1.29 is 9.13 Å². The summed E-state index contributed by atoms with van der Waals surface area (Å²) in [6, 6.07) is 5.61. The van der Waals surface area contributed by atoms with E-state index in [0.717, 1.165) is 6.07 Å². The van der Waals surface area contributed by atoms with Crippen LogP contribution in [0, 0.1) is 17.1 Å². The van der Waals surface area contributed by atoms with Gasteiger partial charge in [0, 0.05) is 18.1 Å². The molecule has 0 heterocycles. The number of hydrogen-bond donors (Lipinski definition) is 0. The van der Waals surface area contributed by atoms with Crippen LogP contribution in [-0.2, 0) is 10.1 Å². The summed E-state index contributed by atoms with van der Waals surface area (Å²) >= 11 is 0. The molecule has 5 heteroatoms. The molecule has 0 aliphatic carbocycles. The lowest BCUT2D eigenvalue weighted by atomic mass is 9.61. The first-order valence-electron chi connectivity index (χ1n) is 3.84. The SMILES string of the molecule is [B]C([B])(OC)c1ccc(C#N)cc1F. The maximum Gasteiger partial charge on any atom is 0.129 e. The molecule has 14 heavy (non-hydrogen) atoms. The highest BCUT2D eigenvalue weighted by Gasteiger charge is 2.22. The number of benzene rings is 1. The average Bonchev–Trinajstić information content (AvgIpc) is 2.17. The second kappa shape index (κ2) is 3.85. The van der Waals surface area contributed by atoms with E-state index in [4.69, 9.17) is 25.7 Å². The van der Waals surface area contributed by atoms with Crippen molar-refractivity contribution in [2.75, 3.05) is 7.11 Å². The molecule has 0 fully saturated rings. The van der Waals surface area contributed by atoms with Gasteiger partial charge in [-0.05, 0) is 12.1 Å². The van der Waals surface area contributed by atoms with E-state index in [0.29, 0.717) is 0 Å². The molecule has 2 nitrogen and oxygen atoms in total. The standard InChI is InChI=1S/C9H6B2FNO/c1-14-9(10,11)7-3-2-6(5-13)4-8(7)12/h2-4H,1H3. The van der Waals surface area contributed by atoms with Crippen molar-refractivity contribution in [1.29, 1.82) is 5.26 Å². The minimum Gasteiger partial charge on any atom is -0.393 e. The summed E-state index contributed by atoms with van der Waals surface area (Å²) in [5, 5.41) is 6.83. The summed E-state index contributed by atoms with van der Waals surface area (Å²) < 4.78 is 18.0. The van der Waals surface area contributed by atoms with Crippen LogP contribution in [0.5, 0.6) is 0 Å². The van der Waals surface area contributed by atoms with Crippen LogP contribution < -0.4 is 0 Å². The van der Waals surface area contributed by atoms with Crippen molar-refractivity contribution in [3.05, 3.63) is 35.1 Å². The molecular weight excluding hydrogens is 179 g/mol. The Hall–Kier alpha value is -1.27. The summed E-state index contributed by atoms with van der Waals surface area (Å²) in [5.41, 5.74) is 0.220. The molecule has 0 aliphatic rings. The van der Waals surface area contributed by atoms with Crippen molar-refractivity contribution in [2.45, 2.75) is 5.40 Å². The third-order valence-electron chi connectivity index (χ3n) is 1.86. The first kappa shape index (κ1) is 10.8. The second-order valence-electron chi connectivity index (χ2n) is 2.80. The molecule has 0 saturated carbocycles. The minimum atomic E-state index is -1.67. The number of hydrogen-bond acceptors (Lipinski definition) is 2. The Kier molecular flexibility index (Phi) is 2.97. The topological polar surface area (TPSA) is 33.0 Å². The fourth-order valence-electron chi connectivity index (χ4n) is 1.01. The molecule has 0 bridgehead atoms. The third kappa shape index (κ3) is 1.97. The van der Waals surface area contributed by atoms with Crippen LogP contribution >= 0.6 is 0 Å². The molecule has 1 aromatic rings. The van der Waals surface area contributed by atoms with Gasteiger partial charge in [0.2, 0.25) is 0 Å². The zero-order valence-corrected chi connectivity index (χ0v) is 7.62. The van der Waals surface area contributed by atoms with E-state index < -0.39 is 11.2 Å². The predicted octanol–water partition coefficient (Wildman–Crippen LogP) is 0.791. The smallest absolute Gasteiger partial charge is 0.129 e. The first-order chi connectivity index (χ1) is 6.51. The van der Waals surface area contributed by atoms with Crippen LogP contribution in [0.25, 0.3) is 0 Å². The van der Waals surface area contributed by atoms with Gasteiger partial charge in [0.15, 0.2) is 0 Å². The lowest BCUT2D eigenvalue weighted by molar-refractivity contribution is 0.129. The molecule has 0 amide bonds. The zero-order valence-electron chi connectivity index (χ0n) is 7.62. The van der Waals surface area contributed by atoms with E-state index in [9.17, 15) is 4.39 Å². The largest absolute Gasteiger partial charge is 0.393 e. The van der Waals surface area contributed by atoms with Gasteiger partial charge in [0.05, 0.1) is 11.6 Å². The van der Waals surface area contributed by atoms with Crippen LogP contribution in [0.15, 0.2) is 18.2 Å². The monoisotopic (exact) mass is 185 g/mol. The van der Waals surface area contributed by atoms with Gasteiger partial charge in [0.25, 0.3) is 0 Å². The van der Waals surface area contributed by atoms with Crippen LogP contribution in [-0.4, -0.2) is 22.8 Å². The molecule has 66 valence electrons. The van der Waals surface area contributed by atoms with Gasteiger partial charge in [-0.1, -0.05) is 6.07 Å². The summed E-state index contributed by atoms with van der Waals surface area (Å²) in [5.74, 6) is -0.657. The number of ether oxygens (including phenoxy) is 1. The average molecular weight is 185 g/mol. The van der Waals surface area contributed by atoms with Crippen LogP contribution in [0.4, 0.5) is 4.39 Å². The molecule has 0 aromatic heterocycles. The highest BCUT2D eigenvalue weighted by Crippen LogP contribution is 2.21. The maximum atomic E-state index is 13.3. The Balaban J connectivity index is 3.20. The molecular formula is C9H6B2FNO. The van der Waals surface area contributed by atoms with E-state index >= 15 is 0 Å². The minimum absolute atomic E-state index is 0.0130. The van der Waals surface area contributed by atoms with Gasteiger partial charge in [-0.25, -0.2) is 4.39 Å². The van der Waals surface area contributed by atoms with Gasteiger partial charge >= 0.3 is 0 Å². The molecule has 4 radical (unpaired) electrons. The second-order valence-corrected chi connectivity index (χ2v) is 2.80. The Morgan fingerprint density at radius 1 is 1.50 bits per heavy atom. The van der Waals surface area contributed by atoms with Gasteiger partial charge in [-0.15, -0.1) is 0 Å². The number of nitrogens with zero attached hydrogens (tertiary/aromatic N) is 1. The predicted molar refractivity (Wildman–Crippen MR) is 51.3 cm³/mol. The molecule has 1 rings (SSSR count). The van der Waals surface area contributed by atoms with Crippen molar-refractivity contribution in [3.8, 4) is 6.07 Å². The highest BCUT2D eigenvalue weighted by atomic mass is 19.1. The Bertz CT molecular complexity index is 387. The van der Waals surface area contributed by atoms with Crippen molar-refractivity contribution >= 4 is 15.7 Å². The van der Waals surface area contributed by atoms with Gasteiger partial charge in [-0.3, -0.25) is 0 Å². The quantitative estimate of drug-likeness (QED) is 0.637. The molecule has 0 unspecified atom stereocenters. The molecule has 0 spiro atoms. The Labute approximate surface area is 84.5 Å². The molecule has 0 atom stereocenters. The third-order valence-corrected chi connectivity index (χ3v) is 1.86. The number of rotatable bonds is 2. The lowest BCUT2D eigenvalue weighted by Gasteiger charge is -2.25. The van der Waals surface area contributed by atoms with Gasteiger partial charge < -0.3 is 4.74 Å². The van der Waals surface area contributed by atoms with E-state index in [1.165, 1.54) is 19.2 Å². The lowest BCUT2D eigenvalue weighted by Crippen LogP contribution is -2.30. The molecule has 1 aromatic carbocycles. The van der Waals surface area contributed by atoms with Gasteiger partial charge in [0.1, 0.15) is 21.5 Å². The fraction of sp³-hybridized carbons (Fsp3) is 0.222. The van der Waals surface area contributed by atoms with E-state index in [-0.39, 0.29) is 11.1 Å². The zero-order chi connectivity index (χ0) is 10.8. The van der Waals surface area contributed by atoms with E-state index in [1.807, 2.05) is 0 Å². The van der Waals surface area contributed by atoms with Crippen LogP contribution in [0.2, 0.25) is 0 Å². The van der Waals surface area contributed by atoms with Crippen molar-refractivity contribution in [2.24, 2.45) is 0 Å². The van der Waals surface area contributed by atoms with Crippen LogP contribution in [0.1, 0.15) is 11.1 Å². The summed E-state index contributed by atoms with van der Waals surface area (Å²) in [6.45, 7) is 0. The summed E-state index contributed by atoms with van der Waals surface area (Å²) in [4.78, 5) is 0. The van der Waals surface area contributed by atoms with Crippen molar-refractivity contribution in [1.82, 2.24) is 0 Å². The Morgan fingerprint density at radius 2 is 2.14 bits per heavy atom. The highest BCUT2D eigenvalue weighted by molar-refractivity contribution is 6.38. The van der Waals surface area contributed by atoms with E-state index in [1.54, 1.807) is 6.07 Å².